The van der Waals surface area contributed by atoms with E-state index in [1.54, 1.807) is 19.2 Å². The Kier molecular flexibility index (Phi) is 24.4. The van der Waals surface area contributed by atoms with Gasteiger partial charge in [0.25, 0.3) is 5.91 Å². The Morgan fingerprint density at radius 3 is 1.94 bits per heavy atom. The normalized spacial score (nSPS) is 17.6. The number of hydrogen-bond acceptors (Lipinski definition) is 12. The van der Waals surface area contributed by atoms with Crippen molar-refractivity contribution < 1.29 is 43.2 Å². The van der Waals surface area contributed by atoms with Crippen LogP contribution in [0.15, 0.2) is 29.4 Å². The number of benzene rings is 1. The molecular weight excluding hydrogens is 929 g/mol. The number of carbonyl (C=O) groups excluding carboxylic acids is 9. The van der Waals surface area contributed by atoms with Gasteiger partial charge >= 0.3 is 0 Å². The quantitative estimate of drug-likeness (QED) is 0.0268. The van der Waals surface area contributed by atoms with E-state index >= 15 is 0 Å². The molecule has 1 aromatic rings. The van der Waals surface area contributed by atoms with Gasteiger partial charge in [0.2, 0.25) is 47.3 Å². The standard InChI is InChI=1S/C49H80N14O9/c1-29(2)39(58-46(69)40(30(3)4)60(7)8)48(71)61(9)41(31(5)6)49(72)63-26-14-17-37(63)47(70)62-25-13-16-36(62)45(68)54-28-32-18-20-33(21-19-32)42(65)57-35(27-38(51)64)44(67)56-34(15-11-10-12-22-50)43(66)53-23-24-55-59-52/h18-21,29-31,34-37,39-41H,10-17,22-28,50H2,1-9H3,(H2,51,64)(H,53,66)(H,54,68)(H,56,67)(H,57,65)(H,58,69)/t34-,35+,36+,37+,39+,40+,41+/m1/s1. The zero-order chi connectivity index (χ0) is 53.8. The van der Waals surface area contributed by atoms with Gasteiger partial charge in [0.05, 0.1) is 12.5 Å². The maximum absolute atomic E-state index is 14.5. The second kappa shape index (κ2) is 29.3. The van der Waals surface area contributed by atoms with Gasteiger partial charge in [-0.1, -0.05) is 71.6 Å². The Labute approximate surface area is 423 Å². The van der Waals surface area contributed by atoms with E-state index < -0.39 is 78.2 Å². The van der Waals surface area contributed by atoms with Gasteiger partial charge in [-0.3, -0.25) is 48.1 Å². The highest BCUT2D eigenvalue weighted by Crippen LogP contribution is 2.28. The third-order valence-corrected chi connectivity index (χ3v) is 13.1. The lowest BCUT2D eigenvalue weighted by molar-refractivity contribution is -0.153. The van der Waals surface area contributed by atoms with Crippen LogP contribution < -0.4 is 38.1 Å². The molecule has 2 heterocycles. The molecule has 0 saturated carbocycles. The van der Waals surface area contributed by atoms with Crippen LogP contribution in [0.3, 0.4) is 0 Å². The monoisotopic (exact) mass is 1010 g/mol. The SMILES string of the molecule is CC(C)[C@H](NC(=O)[C@H](C(C)C)N(C)C)C(=O)N(C)[C@H](C(=O)N1CCC[C@H]1C(=O)N1CCC[C@H]1C(=O)NCc1ccc(C(=O)N[C@@H](CC(N)=O)C(=O)N[C@H](CCCCCN)C(=O)NCCN=[N+]=[N-])cc1)C(C)C. The molecule has 2 aliphatic heterocycles. The Morgan fingerprint density at radius 1 is 0.750 bits per heavy atom. The summed E-state index contributed by atoms with van der Waals surface area (Å²) in [7, 11) is 5.18. The minimum atomic E-state index is -1.42. The average molecular weight is 1010 g/mol. The molecule has 0 bridgehead atoms. The highest BCUT2D eigenvalue weighted by molar-refractivity contribution is 6.00. The Morgan fingerprint density at radius 2 is 1.38 bits per heavy atom. The van der Waals surface area contributed by atoms with Crippen molar-refractivity contribution in [2.24, 2.45) is 34.3 Å². The molecule has 3 rings (SSSR count). The van der Waals surface area contributed by atoms with Crippen LogP contribution in [0.2, 0.25) is 0 Å². The number of hydrogen-bond donors (Lipinski definition) is 7. The van der Waals surface area contributed by atoms with E-state index in [9.17, 15) is 43.2 Å². The fourth-order valence-corrected chi connectivity index (χ4v) is 9.43. The molecule has 0 radical (unpaired) electrons. The molecule has 0 aromatic heterocycles. The van der Waals surface area contributed by atoms with E-state index in [0.717, 1.165) is 0 Å². The number of primary amides is 1. The third kappa shape index (κ3) is 17.2. The molecule has 400 valence electrons. The second-order valence-electron chi connectivity index (χ2n) is 20.0. The number of amides is 9. The van der Waals surface area contributed by atoms with E-state index in [0.29, 0.717) is 70.1 Å². The summed E-state index contributed by atoms with van der Waals surface area (Å²) in [6.07, 6.45) is 3.59. The maximum atomic E-state index is 14.5. The average Bonchev–Trinajstić information content (AvgIpc) is 4.03. The minimum absolute atomic E-state index is 0.00173. The van der Waals surface area contributed by atoms with Crippen molar-refractivity contribution in [3.63, 3.8) is 0 Å². The molecule has 23 heteroatoms. The van der Waals surface area contributed by atoms with E-state index in [2.05, 4.69) is 36.6 Å². The summed E-state index contributed by atoms with van der Waals surface area (Å²) < 4.78 is 0. The molecule has 7 atom stereocenters. The Hall–Kier alpha value is -6.32. The van der Waals surface area contributed by atoms with E-state index in [-0.39, 0.29) is 73.0 Å². The summed E-state index contributed by atoms with van der Waals surface area (Å²) in [6.45, 7) is 12.4. The number of azide groups is 1. The molecular formula is C49H80N14O9. The number of nitrogens with zero attached hydrogens (tertiary/aromatic N) is 7. The number of rotatable bonds is 28. The summed E-state index contributed by atoms with van der Waals surface area (Å²) in [5, 5.41) is 17.0. The van der Waals surface area contributed by atoms with Gasteiger partial charge in [-0.25, -0.2) is 0 Å². The molecule has 1 aromatic carbocycles. The van der Waals surface area contributed by atoms with Crippen molar-refractivity contribution in [1.29, 1.82) is 0 Å². The zero-order valence-electron chi connectivity index (χ0n) is 43.6. The predicted octanol–water partition coefficient (Wildman–Crippen LogP) is 0.899. The minimum Gasteiger partial charge on any atom is -0.370 e. The first-order chi connectivity index (χ1) is 34.0. The van der Waals surface area contributed by atoms with Crippen LogP contribution in [0.25, 0.3) is 10.4 Å². The zero-order valence-corrected chi connectivity index (χ0v) is 43.6. The van der Waals surface area contributed by atoms with Crippen molar-refractivity contribution in [3.8, 4) is 0 Å². The van der Waals surface area contributed by atoms with Gasteiger partial charge in [0.1, 0.15) is 36.3 Å². The third-order valence-electron chi connectivity index (χ3n) is 13.1. The summed E-state index contributed by atoms with van der Waals surface area (Å²) >= 11 is 0. The second-order valence-corrected chi connectivity index (χ2v) is 20.0. The van der Waals surface area contributed by atoms with Gasteiger partial charge in [0, 0.05) is 50.2 Å². The van der Waals surface area contributed by atoms with E-state index in [1.165, 1.54) is 26.8 Å². The van der Waals surface area contributed by atoms with Gasteiger partial charge in [0.15, 0.2) is 0 Å². The van der Waals surface area contributed by atoms with Crippen LogP contribution in [-0.2, 0) is 44.9 Å². The van der Waals surface area contributed by atoms with E-state index in [1.807, 2.05) is 60.5 Å². The first-order valence-electron chi connectivity index (χ1n) is 25.1. The maximum Gasteiger partial charge on any atom is 0.251 e. The molecule has 9 amide bonds. The molecule has 0 spiro atoms. The van der Waals surface area contributed by atoms with Crippen molar-refractivity contribution in [2.75, 3.05) is 53.9 Å². The number of likely N-dealkylation sites (tertiary alicyclic amines) is 2. The lowest BCUT2D eigenvalue weighted by atomic mass is 9.96. The fourth-order valence-electron chi connectivity index (χ4n) is 9.43. The van der Waals surface area contributed by atoms with Gasteiger partial charge in [-0.05, 0) is 100 Å². The van der Waals surface area contributed by atoms with Crippen molar-refractivity contribution in [2.45, 2.75) is 148 Å². The number of nitrogens with one attached hydrogen (secondary N) is 5. The largest absolute Gasteiger partial charge is 0.370 e. The predicted molar refractivity (Wildman–Crippen MR) is 270 cm³/mol. The molecule has 72 heavy (non-hydrogen) atoms. The van der Waals surface area contributed by atoms with Crippen LogP contribution in [0.5, 0.6) is 0 Å². The molecule has 0 unspecified atom stereocenters. The number of unbranched alkanes of at least 4 members (excludes halogenated alkanes) is 2. The molecule has 2 saturated heterocycles. The van der Waals surface area contributed by atoms with E-state index in [4.69, 9.17) is 17.0 Å². The Bertz CT molecular complexity index is 2090. The molecule has 23 nitrogen and oxygen atoms in total. The van der Waals surface area contributed by atoms with Crippen LogP contribution in [0, 0.1) is 17.8 Å². The van der Waals surface area contributed by atoms with Crippen LogP contribution in [0.1, 0.15) is 115 Å². The first-order valence-corrected chi connectivity index (χ1v) is 25.1. The Balaban J connectivity index is 1.67. The first kappa shape index (κ1) is 60.0. The summed E-state index contributed by atoms with van der Waals surface area (Å²) in [5.74, 6) is -5.33. The lowest BCUT2D eigenvalue weighted by Crippen LogP contribution is -2.61. The number of carbonyl (C=O) groups is 9. The molecule has 2 fully saturated rings. The topological polar surface area (TPSA) is 328 Å². The van der Waals surface area contributed by atoms with Gasteiger partial charge in [-0.15, -0.1) is 0 Å². The van der Waals surface area contributed by atoms with Crippen LogP contribution >= 0.6 is 0 Å². The van der Waals surface area contributed by atoms with Crippen LogP contribution in [-0.4, -0.2) is 169 Å². The molecule has 0 aliphatic carbocycles. The number of likely N-dealkylation sites (N-methyl/N-ethyl adjacent to an activating group) is 2. The lowest BCUT2D eigenvalue weighted by Gasteiger charge is -2.38. The van der Waals surface area contributed by atoms with Gasteiger partial charge in [-0.2, -0.15) is 0 Å². The highest BCUT2D eigenvalue weighted by Gasteiger charge is 2.46. The summed E-state index contributed by atoms with van der Waals surface area (Å²) in [6, 6.07) is -0.181. The van der Waals surface area contributed by atoms with Gasteiger partial charge < -0.3 is 52.8 Å². The number of nitrogens with two attached hydrogens (primary N) is 2. The van der Waals surface area contributed by atoms with Crippen LogP contribution in [0.4, 0.5) is 0 Å². The molecule has 2 aliphatic rings. The van der Waals surface area contributed by atoms with Crippen molar-refractivity contribution >= 4 is 53.2 Å². The van der Waals surface area contributed by atoms with Crippen molar-refractivity contribution in [1.82, 2.24) is 46.2 Å². The van der Waals surface area contributed by atoms with Crippen molar-refractivity contribution in [3.05, 3.63) is 45.8 Å². The summed E-state index contributed by atoms with van der Waals surface area (Å²) in [5.41, 5.74) is 20.3. The smallest absolute Gasteiger partial charge is 0.251 e. The summed E-state index contributed by atoms with van der Waals surface area (Å²) in [4.78, 5) is 131. The molecule has 9 N–H and O–H groups in total. The fraction of sp³-hybridized carbons (Fsp3) is 0.694. The highest BCUT2D eigenvalue weighted by atomic mass is 16.2.